The third-order valence-corrected chi connectivity index (χ3v) is 1.77. The molecule has 1 rings (SSSR count). The van der Waals surface area contributed by atoms with Crippen molar-refractivity contribution in [1.82, 2.24) is 15.1 Å². The molecule has 0 radical (unpaired) electrons. The zero-order valence-electron chi connectivity index (χ0n) is 8.33. The molecule has 1 aromatic heterocycles. The van der Waals surface area contributed by atoms with Crippen LogP contribution in [-0.2, 0) is 7.05 Å². The first kappa shape index (κ1) is 9.99. The summed E-state index contributed by atoms with van der Waals surface area (Å²) in [5.41, 5.74) is 1.17. The Morgan fingerprint density at radius 3 is 3.08 bits per heavy atom. The minimum atomic E-state index is 1.04. The molecular weight excluding hydrogens is 162 g/mol. The molecule has 72 valence electrons. The van der Waals surface area contributed by atoms with Crippen molar-refractivity contribution < 1.29 is 0 Å². The highest BCUT2D eigenvalue weighted by molar-refractivity contribution is 5.46. The van der Waals surface area contributed by atoms with Gasteiger partial charge in [0.2, 0.25) is 0 Å². The lowest BCUT2D eigenvalue weighted by Gasteiger charge is -1.94. The summed E-state index contributed by atoms with van der Waals surface area (Å²) in [6.45, 7) is 4.21. The molecule has 0 aliphatic carbocycles. The maximum atomic E-state index is 4.08. The Kier molecular flexibility index (Phi) is 4.26. The van der Waals surface area contributed by atoms with Gasteiger partial charge in [-0.3, -0.25) is 4.68 Å². The average molecular weight is 179 g/mol. The van der Waals surface area contributed by atoms with Gasteiger partial charge >= 0.3 is 0 Å². The molecule has 0 saturated heterocycles. The Labute approximate surface area is 79.5 Å². The zero-order chi connectivity index (χ0) is 9.52. The lowest BCUT2D eigenvalue weighted by atomic mass is 10.3. The second kappa shape index (κ2) is 5.54. The maximum Gasteiger partial charge on any atom is 0.0562 e. The van der Waals surface area contributed by atoms with E-state index in [0.29, 0.717) is 0 Å². The van der Waals surface area contributed by atoms with Gasteiger partial charge < -0.3 is 5.32 Å². The molecule has 0 amide bonds. The van der Waals surface area contributed by atoms with Crippen molar-refractivity contribution in [2.24, 2.45) is 7.05 Å². The van der Waals surface area contributed by atoms with Gasteiger partial charge in [-0.1, -0.05) is 19.1 Å². The predicted octanol–water partition coefficient (Wildman–Crippen LogP) is 1.43. The van der Waals surface area contributed by atoms with Crippen LogP contribution in [0.5, 0.6) is 0 Å². The van der Waals surface area contributed by atoms with E-state index in [4.69, 9.17) is 0 Å². The molecule has 0 atom stereocenters. The summed E-state index contributed by atoms with van der Waals surface area (Å²) in [7, 11) is 1.93. The summed E-state index contributed by atoms with van der Waals surface area (Å²) >= 11 is 0. The summed E-state index contributed by atoms with van der Waals surface area (Å²) in [6.07, 6.45) is 9.21. The molecule has 0 aromatic carbocycles. The zero-order valence-corrected chi connectivity index (χ0v) is 8.33. The first-order chi connectivity index (χ1) is 6.33. The molecule has 0 unspecified atom stereocenters. The van der Waals surface area contributed by atoms with Gasteiger partial charge in [-0.05, 0) is 19.5 Å². The minimum absolute atomic E-state index is 1.04. The van der Waals surface area contributed by atoms with Gasteiger partial charge in [-0.2, -0.15) is 5.10 Å². The monoisotopic (exact) mass is 179 g/mol. The molecule has 3 nitrogen and oxygen atoms in total. The topological polar surface area (TPSA) is 29.9 Å². The lowest BCUT2D eigenvalue weighted by Crippen LogP contribution is -2.12. The second-order valence-corrected chi connectivity index (χ2v) is 2.99. The van der Waals surface area contributed by atoms with Gasteiger partial charge in [0.05, 0.1) is 6.20 Å². The van der Waals surface area contributed by atoms with E-state index in [-0.39, 0.29) is 0 Å². The minimum Gasteiger partial charge on any atom is -0.317 e. The molecule has 0 fully saturated rings. The first-order valence-electron chi connectivity index (χ1n) is 4.69. The number of aryl methyl sites for hydroxylation is 1. The highest BCUT2D eigenvalue weighted by atomic mass is 15.2. The van der Waals surface area contributed by atoms with E-state index in [0.717, 1.165) is 19.5 Å². The summed E-state index contributed by atoms with van der Waals surface area (Å²) in [6, 6.07) is 0. The quantitative estimate of drug-likeness (QED) is 0.693. The Morgan fingerprint density at radius 2 is 2.46 bits per heavy atom. The predicted molar refractivity (Wildman–Crippen MR) is 55.4 cm³/mol. The van der Waals surface area contributed by atoms with Crippen LogP contribution in [0.3, 0.4) is 0 Å². The molecule has 1 aromatic rings. The second-order valence-electron chi connectivity index (χ2n) is 2.99. The van der Waals surface area contributed by atoms with Crippen LogP contribution in [0.25, 0.3) is 6.08 Å². The normalized spacial score (nSPS) is 11.2. The highest BCUT2D eigenvalue weighted by Crippen LogP contribution is 1.99. The molecule has 13 heavy (non-hydrogen) atoms. The Hall–Kier alpha value is -1.09. The number of nitrogens with one attached hydrogen (secondary N) is 1. The van der Waals surface area contributed by atoms with Gasteiger partial charge in [-0.25, -0.2) is 0 Å². The number of nitrogens with zero attached hydrogens (tertiary/aromatic N) is 2. The number of rotatable bonds is 5. The average Bonchev–Trinajstić information content (AvgIpc) is 2.51. The van der Waals surface area contributed by atoms with Crippen molar-refractivity contribution in [2.75, 3.05) is 13.1 Å². The number of hydrogen-bond acceptors (Lipinski definition) is 2. The van der Waals surface area contributed by atoms with Crippen LogP contribution in [-0.4, -0.2) is 22.9 Å². The van der Waals surface area contributed by atoms with E-state index in [1.165, 1.54) is 5.56 Å². The SMILES string of the molecule is CCNCCC=Cc1cnn(C)c1. The van der Waals surface area contributed by atoms with E-state index in [2.05, 4.69) is 29.5 Å². The Bertz CT molecular complexity index is 263. The van der Waals surface area contributed by atoms with Crippen molar-refractivity contribution in [3.05, 3.63) is 24.0 Å². The third kappa shape index (κ3) is 3.90. The number of hydrogen-bond donors (Lipinski definition) is 1. The molecule has 0 aliphatic heterocycles. The van der Waals surface area contributed by atoms with E-state index in [1.807, 2.05) is 24.1 Å². The van der Waals surface area contributed by atoms with E-state index < -0.39 is 0 Å². The maximum absolute atomic E-state index is 4.08. The van der Waals surface area contributed by atoms with Gasteiger partial charge in [0.15, 0.2) is 0 Å². The lowest BCUT2D eigenvalue weighted by molar-refractivity contribution is 0.727. The fraction of sp³-hybridized carbons (Fsp3) is 0.500. The summed E-state index contributed by atoms with van der Waals surface area (Å²) in [5.74, 6) is 0. The largest absolute Gasteiger partial charge is 0.317 e. The van der Waals surface area contributed by atoms with Gasteiger partial charge in [-0.15, -0.1) is 0 Å². The first-order valence-corrected chi connectivity index (χ1v) is 4.69. The standard InChI is InChI=1S/C10H17N3/c1-3-11-7-5-4-6-10-8-12-13(2)9-10/h4,6,8-9,11H,3,5,7H2,1-2H3. The molecule has 3 heteroatoms. The van der Waals surface area contributed by atoms with Crippen molar-refractivity contribution in [3.8, 4) is 0 Å². The fourth-order valence-corrected chi connectivity index (χ4v) is 1.11. The van der Waals surface area contributed by atoms with Crippen LogP contribution in [0.1, 0.15) is 18.9 Å². The van der Waals surface area contributed by atoms with Crippen molar-refractivity contribution in [3.63, 3.8) is 0 Å². The Morgan fingerprint density at radius 1 is 1.62 bits per heavy atom. The van der Waals surface area contributed by atoms with Gasteiger partial charge in [0.1, 0.15) is 0 Å². The molecule has 0 spiro atoms. The fourth-order valence-electron chi connectivity index (χ4n) is 1.11. The highest BCUT2D eigenvalue weighted by Gasteiger charge is 1.88. The third-order valence-electron chi connectivity index (χ3n) is 1.77. The smallest absolute Gasteiger partial charge is 0.0562 e. The summed E-state index contributed by atoms with van der Waals surface area (Å²) in [4.78, 5) is 0. The van der Waals surface area contributed by atoms with Crippen LogP contribution in [0, 0.1) is 0 Å². The molecule has 0 saturated carbocycles. The van der Waals surface area contributed by atoms with Crippen LogP contribution >= 0.6 is 0 Å². The molecule has 1 heterocycles. The summed E-state index contributed by atoms with van der Waals surface area (Å²) in [5, 5.41) is 7.35. The van der Waals surface area contributed by atoms with Crippen LogP contribution in [0.4, 0.5) is 0 Å². The Balaban J connectivity index is 2.24. The van der Waals surface area contributed by atoms with Crippen molar-refractivity contribution in [1.29, 1.82) is 0 Å². The molecule has 0 aliphatic rings. The van der Waals surface area contributed by atoms with Crippen molar-refractivity contribution in [2.45, 2.75) is 13.3 Å². The molecule has 1 N–H and O–H groups in total. The van der Waals surface area contributed by atoms with E-state index in [9.17, 15) is 0 Å². The van der Waals surface area contributed by atoms with Crippen LogP contribution in [0.2, 0.25) is 0 Å². The van der Waals surface area contributed by atoms with Gasteiger partial charge in [0, 0.05) is 18.8 Å². The molecular formula is C10H17N3. The van der Waals surface area contributed by atoms with Gasteiger partial charge in [0.25, 0.3) is 0 Å². The van der Waals surface area contributed by atoms with E-state index >= 15 is 0 Å². The molecule has 0 bridgehead atoms. The van der Waals surface area contributed by atoms with Crippen molar-refractivity contribution >= 4 is 6.08 Å². The van der Waals surface area contributed by atoms with Crippen LogP contribution < -0.4 is 5.32 Å². The van der Waals surface area contributed by atoms with E-state index in [1.54, 1.807) is 0 Å². The number of aromatic nitrogens is 2. The van der Waals surface area contributed by atoms with Crippen LogP contribution in [0.15, 0.2) is 18.5 Å². The summed E-state index contributed by atoms with van der Waals surface area (Å²) < 4.78 is 1.81.